The molecule has 21 heavy (non-hydrogen) atoms. The maximum atomic E-state index is 11.9. The van der Waals surface area contributed by atoms with E-state index in [9.17, 15) is 9.59 Å². The lowest BCUT2D eigenvalue weighted by atomic mass is 10.1. The first-order chi connectivity index (χ1) is 9.99. The summed E-state index contributed by atoms with van der Waals surface area (Å²) in [6.45, 7) is 5.30. The summed E-state index contributed by atoms with van der Waals surface area (Å²) >= 11 is 3.39. The van der Waals surface area contributed by atoms with Gasteiger partial charge in [0.1, 0.15) is 0 Å². The number of nitrogens with one attached hydrogen (secondary N) is 1. The van der Waals surface area contributed by atoms with Crippen LogP contribution in [-0.2, 0) is 16.1 Å². The minimum Gasteiger partial charge on any atom is -0.351 e. The van der Waals surface area contributed by atoms with Crippen molar-refractivity contribution >= 4 is 33.4 Å². The number of amides is 2. The maximum Gasteiger partial charge on any atom is 0.234 e. The standard InChI is InChI=1S/C16H21BrN2O2/c1-11(2)15(17)16(21)18-10-12-5-7-13(8-6-12)19-9-3-4-14(19)20/h5-8,11,15H,3-4,9-10H2,1-2H3,(H,18,21). The van der Waals surface area contributed by atoms with E-state index < -0.39 is 0 Å². The molecule has 2 rings (SSSR count). The van der Waals surface area contributed by atoms with Crippen LogP contribution in [0.3, 0.4) is 0 Å². The molecule has 1 heterocycles. The van der Waals surface area contributed by atoms with E-state index in [0.717, 1.165) is 24.2 Å². The van der Waals surface area contributed by atoms with Gasteiger partial charge in [0.15, 0.2) is 0 Å². The molecule has 1 aromatic carbocycles. The van der Waals surface area contributed by atoms with Crippen molar-refractivity contribution in [2.75, 3.05) is 11.4 Å². The number of hydrogen-bond acceptors (Lipinski definition) is 2. The van der Waals surface area contributed by atoms with Crippen molar-refractivity contribution in [1.82, 2.24) is 5.32 Å². The molecule has 0 bridgehead atoms. The van der Waals surface area contributed by atoms with Gasteiger partial charge in [-0.1, -0.05) is 41.9 Å². The molecular formula is C16H21BrN2O2. The lowest BCUT2D eigenvalue weighted by Crippen LogP contribution is -2.33. The molecule has 1 unspecified atom stereocenters. The molecule has 114 valence electrons. The quantitative estimate of drug-likeness (QED) is 0.828. The van der Waals surface area contributed by atoms with E-state index in [-0.39, 0.29) is 22.6 Å². The highest BCUT2D eigenvalue weighted by Crippen LogP contribution is 2.21. The number of carbonyl (C=O) groups is 2. The summed E-state index contributed by atoms with van der Waals surface area (Å²) in [6, 6.07) is 7.80. The summed E-state index contributed by atoms with van der Waals surface area (Å²) in [6.07, 6.45) is 1.57. The first-order valence-corrected chi connectivity index (χ1v) is 8.21. The highest BCUT2D eigenvalue weighted by Gasteiger charge is 2.21. The summed E-state index contributed by atoms with van der Waals surface area (Å²) in [5.74, 6) is 0.451. The van der Waals surface area contributed by atoms with Crippen molar-refractivity contribution in [3.63, 3.8) is 0 Å². The number of anilines is 1. The molecule has 2 amide bonds. The first-order valence-electron chi connectivity index (χ1n) is 7.30. The predicted octanol–water partition coefficient (Wildman–Crippen LogP) is 2.85. The van der Waals surface area contributed by atoms with Gasteiger partial charge in [-0.25, -0.2) is 0 Å². The summed E-state index contributed by atoms with van der Waals surface area (Å²) in [4.78, 5) is 25.2. The number of carbonyl (C=O) groups excluding carboxylic acids is 2. The fourth-order valence-electron chi connectivity index (χ4n) is 2.30. The van der Waals surface area contributed by atoms with Crippen LogP contribution < -0.4 is 10.2 Å². The van der Waals surface area contributed by atoms with Crippen molar-refractivity contribution in [3.8, 4) is 0 Å². The lowest BCUT2D eigenvalue weighted by molar-refractivity contribution is -0.121. The molecule has 0 aliphatic carbocycles. The van der Waals surface area contributed by atoms with Crippen molar-refractivity contribution in [2.45, 2.75) is 38.1 Å². The van der Waals surface area contributed by atoms with Crippen LogP contribution >= 0.6 is 15.9 Å². The third kappa shape index (κ3) is 4.06. The fraction of sp³-hybridized carbons (Fsp3) is 0.500. The molecule has 0 aromatic heterocycles. The van der Waals surface area contributed by atoms with Crippen molar-refractivity contribution < 1.29 is 9.59 Å². The molecule has 1 atom stereocenters. The number of alkyl halides is 1. The second-order valence-electron chi connectivity index (χ2n) is 5.68. The van der Waals surface area contributed by atoms with Gasteiger partial charge in [0.25, 0.3) is 0 Å². The molecule has 4 nitrogen and oxygen atoms in total. The van der Waals surface area contributed by atoms with E-state index in [1.54, 1.807) is 0 Å². The topological polar surface area (TPSA) is 49.4 Å². The minimum atomic E-state index is -0.168. The van der Waals surface area contributed by atoms with Crippen LogP contribution in [0.4, 0.5) is 5.69 Å². The number of nitrogens with zero attached hydrogens (tertiary/aromatic N) is 1. The molecule has 0 saturated carbocycles. The van der Waals surface area contributed by atoms with Crippen LogP contribution in [0.25, 0.3) is 0 Å². The zero-order valence-electron chi connectivity index (χ0n) is 12.4. The molecule has 0 radical (unpaired) electrons. The monoisotopic (exact) mass is 352 g/mol. The maximum absolute atomic E-state index is 11.9. The van der Waals surface area contributed by atoms with Gasteiger partial charge < -0.3 is 10.2 Å². The zero-order chi connectivity index (χ0) is 15.4. The second kappa shape index (κ2) is 7.07. The smallest absolute Gasteiger partial charge is 0.234 e. The molecule has 5 heteroatoms. The summed E-state index contributed by atoms with van der Waals surface area (Å²) < 4.78 is 0. The Kier molecular flexibility index (Phi) is 5.39. The van der Waals surface area contributed by atoms with E-state index in [1.165, 1.54) is 0 Å². The Morgan fingerprint density at radius 2 is 2.00 bits per heavy atom. The lowest BCUT2D eigenvalue weighted by Gasteiger charge is -2.16. The Morgan fingerprint density at radius 3 is 2.52 bits per heavy atom. The van der Waals surface area contributed by atoms with Gasteiger partial charge in [-0.2, -0.15) is 0 Å². The Balaban J connectivity index is 1.91. The SMILES string of the molecule is CC(C)C(Br)C(=O)NCc1ccc(N2CCCC2=O)cc1. The third-order valence-corrected chi connectivity index (χ3v) is 5.10. The van der Waals surface area contributed by atoms with Gasteiger partial charge >= 0.3 is 0 Å². The highest BCUT2D eigenvalue weighted by molar-refractivity contribution is 9.10. The molecule has 1 saturated heterocycles. The summed E-state index contributed by atoms with van der Waals surface area (Å²) in [5.41, 5.74) is 1.97. The number of hydrogen-bond donors (Lipinski definition) is 1. The Hall–Kier alpha value is -1.36. The van der Waals surface area contributed by atoms with Crippen LogP contribution in [0, 0.1) is 5.92 Å². The number of rotatable bonds is 5. The third-order valence-electron chi connectivity index (χ3n) is 3.62. The van der Waals surface area contributed by atoms with Gasteiger partial charge in [0.2, 0.25) is 11.8 Å². The van der Waals surface area contributed by atoms with Gasteiger partial charge in [-0.3, -0.25) is 9.59 Å². The number of halogens is 1. The van der Waals surface area contributed by atoms with E-state index in [1.807, 2.05) is 43.0 Å². The van der Waals surface area contributed by atoms with Crippen molar-refractivity contribution in [3.05, 3.63) is 29.8 Å². The number of benzene rings is 1. The second-order valence-corrected chi connectivity index (χ2v) is 6.67. The van der Waals surface area contributed by atoms with E-state index in [0.29, 0.717) is 13.0 Å². The molecule has 0 spiro atoms. The van der Waals surface area contributed by atoms with Crippen molar-refractivity contribution in [1.29, 1.82) is 0 Å². The van der Waals surface area contributed by atoms with Gasteiger partial charge in [-0.15, -0.1) is 0 Å². The minimum absolute atomic E-state index is 0.00352. The van der Waals surface area contributed by atoms with Gasteiger partial charge in [0.05, 0.1) is 4.83 Å². The van der Waals surface area contributed by atoms with Crippen LogP contribution in [-0.4, -0.2) is 23.2 Å². The first kappa shape index (κ1) is 16.0. The summed E-state index contributed by atoms with van der Waals surface area (Å²) in [7, 11) is 0. The fourth-order valence-corrected chi connectivity index (χ4v) is 2.47. The van der Waals surface area contributed by atoms with Crippen LogP contribution in [0.1, 0.15) is 32.3 Å². The Morgan fingerprint density at radius 1 is 1.33 bits per heavy atom. The van der Waals surface area contributed by atoms with Crippen LogP contribution in [0.2, 0.25) is 0 Å². The highest BCUT2D eigenvalue weighted by atomic mass is 79.9. The van der Waals surface area contributed by atoms with E-state index in [4.69, 9.17) is 0 Å². The largest absolute Gasteiger partial charge is 0.351 e. The average Bonchev–Trinajstić information content (AvgIpc) is 2.90. The van der Waals surface area contributed by atoms with Crippen LogP contribution in [0.15, 0.2) is 24.3 Å². The molecule has 1 fully saturated rings. The normalized spacial score (nSPS) is 16.4. The Labute approximate surface area is 134 Å². The molecule has 1 N–H and O–H groups in total. The molecule has 1 aromatic rings. The summed E-state index contributed by atoms with van der Waals surface area (Å²) in [5, 5.41) is 2.91. The van der Waals surface area contributed by atoms with Gasteiger partial charge in [0, 0.05) is 25.2 Å². The van der Waals surface area contributed by atoms with E-state index >= 15 is 0 Å². The molecule has 1 aliphatic heterocycles. The molecule has 1 aliphatic rings. The average molecular weight is 353 g/mol. The van der Waals surface area contributed by atoms with E-state index in [2.05, 4.69) is 21.2 Å². The van der Waals surface area contributed by atoms with Crippen LogP contribution in [0.5, 0.6) is 0 Å². The van der Waals surface area contributed by atoms with Gasteiger partial charge in [-0.05, 0) is 30.0 Å². The Bertz CT molecular complexity index is 514. The van der Waals surface area contributed by atoms with Crippen molar-refractivity contribution in [2.24, 2.45) is 5.92 Å². The zero-order valence-corrected chi connectivity index (χ0v) is 14.0. The predicted molar refractivity (Wildman–Crippen MR) is 87.4 cm³/mol. The molecular weight excluding hydrogens is 332 g/mol.